The summed E-state index contributed by atoms with van der Waals surface area (Å²) in [5.74, 6) is 0.00190. The molecular weight excluding hydrogens is 296 g/mol. The molecule has 0 spiro atoms. The van der Waals surface area contributed by atoms with Crippen molar-refractivity contribution in [2.45, 2.75) is 19.4 Å². The van der Waals surface area contributed by atoms with E-state index in [9.17, 15) is 4.79 Å². The summed E-state index contributed by atoms with van der Waals surface area (Å²) >= 11 is 1.61. The summed E-state index contributed by atoms with van der Waals surface area (Å²) in [4.78, 5) is 13.3. The molecule has 5 heteroatoms. The second-order valence-electron chi connectivity index (χ2n) is 5.06. The second kappa shape index (κ2) is 6.58. The first kappa shape index (κ1) is 14.5. The zero-order valence-corrected chi connectivity index (χ0v) is 13.0. The molecule has 2 heterocycles. The number of rotatable bonds is 5. The van der Waals surface area contributed by atoms with Crippen LogP contribution in [0.1, 0.15) is 39.7 Å². The maximum Gasteiger partial charge on any atom is 0.290 e. The highest BCUT2D eigenvalue weighted by Crippen LogP contribution is 2.19. The maximum atomic E-state index is 12.2. The third-order valence-electron chi connectivity index (χ3n) is 3.33. The van der Waals surface area contributed by atoms with Crippen LogP contribution in [0.15, 0.2) is 58.4 Å². The third-order valence-corrected chi connectivity index (χ3v) is 4.38. The fourth-order valence-electron chi connectivity index (χ4n) is 2.18. The largest absolute Gasteiger partial charge is 0.351 e. The van der Waals surface area contributed by atoms with Gasteiger partial charge in [0.1, 0.15) is 0 Å². The Morgan fingerprint density at radius 1 is 1.27 bits per heavy atom. The zero-order valence-electron chi connectivity index (χ0n) is 12.2. The Labute approximate surface area is 132 Å². The predicted molar refractivity (Wildman–Crippen MR) is 86.0 cm³/mol. The van der Waals surface area contributed by atoms with Crippen LogP contribution >= 0.6 is 11.3 Å². The molecule has 1 amide bonds. The Kier molecular flexibility index (Phi) is 4.34. The van der Waals surface area contributed by atoms with Crippen LogP contribution in [0.5, 0.6) is 0 Å². The van der Waals surface area contributed by atoms with E-state index in [1.54, 1.807) is 17.4 Å². The number of amides is 1. The number of aromatic nitrogens is 1. The predicted octanol–water partition coefficient (Wildman–Crippen LogP) is 3.82. The molecule has 0 unspecified atom stereocenters. The van der Waals surface area contributed by atoms with E-state index >= 15 is 0 Å². The number of nitrogens with one attached hydrogen (secondary N) is 1. The lowest BCUT2D eigenvalue weighted by atomic mass is 10.1. The summed E-state index contributed by atoms with van der Waals surface area (Å²) in [7, 11) is 0. The molecule has 0 saturated carbocycles. The first-order chi connectivity index (χ1) is 10.7. The lowest BCUT2D eigenvalue weighted by Crippen LogP contribution is -2.25. The zero-order chi connectivity index (χ0) is 15.4. The Balaban J connectivity index is 1.64. The van der Waals surface area contributed by atoms with E-state index in [-0.39, 0.29) is 17.7 Å². The molecule has 3 rings (SSSR count). The number of hydrogen-bond acceptors (Lipinski definition) is 4. The monoisotopic (exact) mass is 312 g/mol. The van der Waals surface area contributed by atoms with E-state index in [4.69, 9.17) is 4.52 Å². The van der Waals surface area contributed by atoms with E-state index in [0.717, 1.165) is 16.1 Å². The Morgan fingerprint density at radius 3 is 2.82 bits per heavy atom. The molecule has 0 aliphatic carbocycles. The second-order valence-corrected chi connectivity index (χ2v) is 6.03. The highest BCUT2D eigenvalue weighted by Gasteiger charge is 2.16. The minimum absolute atomic E-state index is 0.0461. The molecule has 0 aliphatic heterocycles. The van der Waals surface area contributed by atoms with Crippen molar-refractivity contribution in [1.82, 2.24) is 10.5 Å². The summed E-state index contributed by atoms with van der Waals surface area (Å²) in [6, 6.07) is 15.6. The van der Waals surface area contributed by atoms with E-state index in [1.165, 1.54) is 0 Å². The van der Waals surface area contributed by atoms with Crippen LogP contribution in [-0.4, -0.2) is 11.1 Å². The highest BCUT2D eigenvalue weighted by atomic mass is 32.1. The number of nitrogens with zero attached hydrogens (tertiary/aromatic N) is 1. The highest BCUT2D eigenvalue weighted by molar-refractivity contribution is 7.10. The standard InChI is InChI=1S/C17H16N2O2S/c1-12(16-8-5-9-22-16)18-17(20)15-11-14(19-21-15)10-13-6-3-2-4-7-13/h2-9,11-12H,10H2,1H3,(H,18,20)/t12-/m1/s1. The molecule has 3 aromatic rings. The van der Waals surface area contributed by atoms with Crippen LogP contribution in [0.3, 0.4) is 0 Å². The van der Waals surface area contributed by atoms with Crippen LogP contribution in [0.25, 0.3) is 0 Å². The molecule has 22 heavy (non-hydrogen) atoms. The van der Waals surface area contributed by atoms with Gasteiger partial charge < -0.3 is 9.84 Å². The van der Waals surface area contributed by atoms with E-state index in [0.29, 0.717) is 6.42 Å². The van der Waals surface area contributed by atoms with Crippen molar-refractivity contribution in [3.8, 4) is 0 Å². The van der Waals surface area contributed by atoms with Gasteiger partial charge in [0.15, 0.2) is 0 Å². The summed E-state index contributed by atoms with van der Waals surface area (Å²) < 4.78 is 5.16. The van der Waals surface area contributed by atoms with Gasteiger partial charge in [-0.3, -0.25) is 4.79 Å². The van der Waals surface area contributed by atoms with Crippen molar-refractivity contribution in [1.29, 1.82) is 0 Å². The Hall–Kier alpha value is -2.40. The van der Waals surface area contributed by atoms with Gasteiger partial charge in [0.25, 0.3) is 5.91 Å². The number of benzene rings is 1. The van der Waals surface area contributed by atoms with Crippen LogP contribution in [-0.2, 0) is 6.42 Å². The van der Waals surface area contributed by atoms with Crippen LogP contribution in [0.4, 0.5) is 0 Å². The molecular formula is C17H16N2O2S. The third kappa shape index (κ3) is 3.43. The smallest absolute Gasteiger partial charge is 0.290 e. The van der Waals surface area contributed by atoms with Crippen molar-refractivity contribution in [2.24, 2.45) is 0 Å². The van der Waals surface area contributed by atoms with Gasteiger partial charge in [-0.1, -0.05) is 41.6 Å². The number of carbonyl (C=O) groups excluding carboxylic acids is 1. The molecule has 0 aliphatic rings. The first-order valence-corrected chi connectivity index (χ1v) is 7.94. The molecule has 0 saturated heterocycles. The van der Waals surface area contributed by atoms with Gasteiger partial charge in [0, 0.05) is 17.4 Å². The fraction of sp³-hybridized carbons (Fsp3) is 0.176. The summed E-state index contributed by atoms with van der Waals surface area (Å²) in [6.07, 6.45) is 0.651. The summed E-state index contributed by atoms with van der Waals surface area (Å²) in [5, 5.41) is 8.87. The quantitative estimate of drug-likeness (QED) is 0.779. The molecule has 4 nitrogen and oxygen atoms in total. The average molecular weight is 312 g/mol. The van der Waals surface area contributed by atoms with Gasteiger partial charge >= 0.3 is 0 Å². The van der Waals surface area contributed by atoms with Crippen molar-refractivity contribution >= 4 is 17.2 Å². The maximum absolute atomic E-state index is 12.2. The van der Waals surface area contributed by atoms with E-state index in [2.05, 4.69) is 10.5 Å². The molecule has 0 fully saturated rings. The number of hydrogen-bond donors (Lipinski definition) is 1. The lowest BCUT2D eigenvalue weighted by Gasteiger charge is -2.09. The van der Waals surface area contributed by atoms with Crippen LogP contribution in [0.2, 0.25) is 0 Å². The summed E-state index contributed by atoms with van der Waals surface area (Å²) in [6.45, 7) is 1.95. The van der Waals surface area contributed by atoms with Gasteiger partial charge in [0.05, 0.1) is 11.7 Å². The van der Waals surface area contributed by atoms with Gasteiger partial charge in [-0.15, -0.1) is 11.3 Å². The Morgan fingerprint density at radius 2 is 2.09 bits per heavy atom. The first-order valence-electron chi connectivity index (χ1n) is 7.06. The molecule has 1 N–H and O–H groups in total. The molecule has 112 valence electrons. The van der Waals surface area contributed by atoms with Gasteiger partial charge in [0.2, 0.25) is 5.76 Å². The van der Waals surface area contributed by atoms with Crippen molar-refractivity contribution < 1.29 is 9.32 Å². The molecule has 0 bridgehead atoms. The SMILES string of the molecule is C[C@@H](NC(=O)c1cc(Cc2ccccc2)no1)c1cccs1. The van der Waals surface area contributed by atoms with Crippen molar-refractivity contribution in [3.63, 3.8) is 0 Å². The summed E-state index contributed by atoms with van der Waals surface area (Å²) in [5.41, 5.74) is 1.88. The van der Waals surface area contributed by atoms with Gasteiger partial charge in [-0.05, 0) is 23.9 Å². The van der Waals surface area contributed by atoms with Crippen LogP contribution < -0.4 is 5.32 Å². The molecule has 1 aromatic carbocycles. The van der Waals surface area contributed by atoms with Crippen LogP contribution in [0, 0.1) is 0 Å². The van der Waals surface area contributed by atoms with E-state index in [1.807, 2.05) is 54.8 Å². The lowest BCUT2D eigenvalue weighted by molar-refractivity contribution is 0.0903. The topological polar surface area (TPSA) is 55.1 Å². The Bertz CT molecular complexity index is 735. The minimum atomic E-state index is -0.243. The molecule has 0 radical (unpaired) electrons. The van der Waals surface area contributed by atoms with E-state index < -0.39 is 0 Å². The average Bonchev–Trinajstić information content (AvgIpc) is 3.19. The normalized spacial score (nSPS) is 12.0. The van der Waals surface area contributed by atoms with Gasteiger partial charge in [-0.2, -0.15) is 0 Å². The number of carbonyl (C=O) groups is 1. The molecule has 2 aromatic heterocycles. The molecule has 1 atom stereocenters. The minimum Gasteiger partial charge on any atom is -0.351 e. The fourth-order valence-corrected chi connectivity index (χ4v) is 2.92. The number of thiophene rings is 1. The van der Waals surface area contributed by atoms with Crippen molar-refractivity contribution in [3.05, 3.63) is 75.8 Å². The van der Waals surface area contributed by atoms with Gasteiger partial charge in [-0.25, -0.2) is 0 Å². The van der Waals surface area contributed by atoms with Crippen molar-refractivity contribution in [2.75, 3.05) is 0 Å².